The molecular formula is C19H18N4O3S. The number of para-hydroxylation sites is 2. The molecule has 3 aromatic rings. The molecule has 27 heavy (non-hydrogen) atoms. The van der Waals surface area contributed by atoms with Gasteiger partial charge >= 0.3 is 0 Å². The maximum atomic E-state index is 12.3. The van der Waals surface area contributed by atoms with E-state index in [0.29, 0.717) is 12.2 Å². The standard InChI is InChI=1S/C19H18N4O3S/c1-3-10-22-17-7-5-4-6-15(17)21-19(22)27-12-18(24)20-16-11-14(23(25)26)9-8-13(16)2/h3-9,11H,1,10,12H2,2H3,(H,20,24). The number of nitro benzene ring substituents is 1. The molecule has 0 bridgehead atoms. The maximum absolute atomic E-state index is 12.3. The summed E-state index contributed by atoms with van der Waals surface area (Å²) >= 11 is 1.31. The van der Waals surface area contributed by atoms with Crippen molar-refractivity contribution in [3.63, 3.8) is 0 Å². The van der Waals surface area contributed by atoms with E-state index in [4.69, 9.17) is 0 Å². The van der Waals surface area contributed by atoms with Crippen LogP contribution in [-0.4, -0.2) is 26.1 Å². The first-order valence-corrected chi connectivity index (χ1v) is 9.22. The molecule has 1 heterocycles. The van der Waals surface area contributed by atoms with Crippen molar-refractivity contribution in [1.82, 2.24) is 9.55 Å². The molecule has 1 aromatic heterocycles. The third-order valence-electron chi connectivity index (χ3n) is 3.97. The van der Waals surface area contributed by atoms with E-state index >= 15 is 0 Å². The Labute approximate surface area is 160 Å². The number of amides is 1. The van der Waals surface area contributed by atoms with Gasteiger partial charge in [0, 0.05) is 18.7 Å². The van der Waals surface area contributed by atoms with Crippen LogP contribution in [0.15, 0.2) is 60.3 Å². The van der Waals surface area contributed by atoms with Gasteiger partial charge in [0.25, 0.3) is 5.69 Å². The molecule has 0 aliphatic heterocycles. The molecule has 2 aromatic carbocycles. The molecular weight excluding hydrogens is 364 g/mol. The van der Waals surface area contributed by atoms with E-state index in [1.54, 1.807) is 19.1 Å². The number of nitro groups is 1. The van der Waals surface area contributed by atoms with E-state index in [9.17, 15) is 14.9 Å². The molecule has 0 aliphatic carbocycles. The number of aromatic nitrogens is 2. The normalized spacial score (nSPS) is 10.7. The summed E-state index contributed by atoms with van der Waals surface area (Å²) in [5, 5.41) is 14.4. The number of nitrogens with zero attached hydrogens (tertiary/aromatic N) is 3. The minimum absolute atomic E-state index is 0.0590. The van der Waals surface area contributed by atoms with Crippen LogP contribution >= 0.6 is 11.8 Å². The van der Waals surface area contributed by atoms with Crippen LogP contribution in [0.5, 0.6) is 0 Å². The summed E-state index contributed by atoms with van der Waals surface area (Å²) in [6, 6.07) is 12.1. The van der Waals surface area contributed by atoms with E-state index in [2.05, 4.69) is 16.9 Å². The minimum Gasteiger partial charge on any atom is -0.325 e. The summed E-state index contributed by atoms with van der Waals surface area (Å²) < 4.78 is 2.00. The van der Waals surface area contributed by atoms with Crippen molar-refractivity contribution in [2.45, 2.75) is 18.6 Å². The number of allylic oxidation sites excluding steroid dienone is 1. The first kappa shape index (κ1) is 18.7. The quantitative estimate of drug-likeness (QED) is 0.287. The Morgan fingerprint density at radius 1 is 1.37 bits per heavy atom. The molecule has 3 rings (SSSR count). The number of hydrogen-bond donors (Lipinski definition) is 1. The van der Waals surface area contributed by atoms with E-state index in [0.717, 1.165) is 21.8 Å². The van der Waals surface area contributed by atoms with Crippen LogP contribution in [0.2, 0.25) is 0 Å². The number of anilines is 1. The van der Waals surface area contributed by atoms with Gasteiger partial charge in [-0.15, -0.1) is 6.58 Å². The fraction of sp³-hybridized carbons (Fsp3) is 0.158. The zero-order valence-corrected chi connectivity index (χ0v) is 15.5. The average Bonchev–Trinajstić information content (AvgIpc) is 3.00. The fourth-order valence-corrected chi connectivity index (χ4v) is 3.47. The van der Waals surface area contributed by atoms with Gasteiger partial charge in [0.1, 0.15) is 0 Å². The monoisotopic (exact) mass is 382 g/mol. The topological polar surface area (TPSA) is 90.1 Å². The highest BCUT2D eigenvalue weighted by atomic mass is 32.2. The summed E-state index contributed by atoms with van der Waals surface area (Å²) in [6.45, 7) is 6.15. The van der Waals surface area contributed by atoms with Crippen molar-refractivity contribution in [3.8, 4) is 0 Å². The lowest BCUT2D eigenvalue weighted by molar-refractivity contribution is -0.384. The maximum Gasteiger partial charge on any atom is 0.271 e. The largest absolute Gasteiger partial charge is 0.325 e. The molecule has 0 unspecified atom stereocenters. The molecule has 0 saturated carbocycles. The number of imidazole rings is 1. The predicted molar refractivity (Wildman–Crippen MR) is 107 cm³/mol. The van der Waals surface area contributed by atoms with Crippen molar-refractivity contribution in [1.29, 1.82) is 0 Å². The van der Waals surface area contributed by atoms with Crippen LogP contribution < -0.4 is 5.32 Å². The molecule has 138 valence electrons. The molecule has 0 radical (unpaired) electrons. The van der Waals surface area contributed by atoms with Crippen molar-refractivity contribution < 1.29 is 9.72 Å². The number of nitrogens with one attached hydrogen (secondary N) is 1. The van der Waals surface area contributed by atoms with E-state index in [1.165, 1.54) is 23.9 Å². The highest BCUT2D eigenvalue weighted by molar-refractivity contribution is 7.99. The van der Waals surface area contributed by atoms with Crippen LogP contribution in [0.4, 0.5) is 11.4 Å². The first-order chi connectivity index (χ1) is 13.0. The highest BCUT2D eigenvalue weighted by Crippen LogP contribution is 2.25. The van der Waals surface area contributed by atoms with Gasteiger partial charge in [-0.3, -0.25) is 14.9 Å². The lowest BCUT2D eigenvalue weighted by Gasteiger charge is -2.09. The lowest BCUT2D eigenvalue weighted by Crippen LogP contribution is -2.15. The molecule has 0 spiro atoms. The van der Waals surface area contributed by atoms with Gasteiger partial charge in [0.15, 0.2) is 5.16 Å². The van der Waals surface area contributed by atoms with E-state index in [1.807, 2.05) is 28.8 Å². The second kappa shape index (κ2) is 8.05. The van der Waals surface area contributed by atoms with Gasteiger partial charge in [-0.05, 0) is 24.6 Å². The minimum atomic E-state index is -0.485. The van der Waals surface area contributed by atoms with Crippen LogP contribution in [0, 0.1) is 17.0 Å². The molecule has 1 N–H and O–H groups in total. The smallest absolute Gasteiger partial charge is 0.271 e. The van der Waals surface area contributed by atoms with Crippen molar-refractivity contribution in [2.24, 2.45) is 0 Å². The van der Waals surface area contributed by atoms with Crippen molar-refractivity contribution >= 4 is 40.1 Å². The highest BCUT2D eigenvalue weighted by Gasteiger charge is 2.14. The Bertz CT molecular complexity index is 1030. The number of carbonyl (C=O) groups excluding carboxylic acids is 1. The second-order valence-electron chi connectivity index (χ2n) is 5.88. The number of hydrogen-bond acceptors (Lipinski definition) is 5. The Balaban J connectivity index is 1.74. The zero-order chi connectivity index (χ0) is 19.4. The van der Waals surface area contributed by atoms with Crippen LogP contribution in [0.3, 0.4) is 0 Å². The first-order valence-electron chi connectivity index (χ1n) is 8.23. The van der Waals surface area contributed by atoms with Crippen LogP contribution in [0.1, 0.15) is 5.56 Å². The Morgan fingerprint density at radius 3 is 2.89 bits per heavy atom. The molecule has 0 aliphatic rings. The van der Waals surface area contributed by atoms with E-state index < -0.39 is 4.92 Å². The average molecular weight is 382 g/mol. The van der Waals surface area contributed by atoms with Crippen LogP contribution in [-0.2, 0) is 11.3 Å². The van der Waals surface area contributed by atoms with Crippen molar-refractivity contribution in [2.75, 3.05) is 11.1 Å². The molecule has 8 heteroatoms. The number of rotatable bonds is 7. The summed E-state index contributed by atoms with van der Waals surface area (Å²) in [6.07, 6.45) is 1.78. The number of fused-ring (bicyclic) bond motifs is 1. The van der Waals surface area contributed by atoms with Gasteiger partial charge in [0.05, 0.1) is 27.4 Å². The summed E-state index contributed by atoms with van der Waals surface area (Å²) in [4.78, 5) is 27.3. The van der Waals surface area contributed by atoms with E-state index in [-0.39, 0.29) is 17.3 Å². The van der Waals surface area contributed by atoms with Gasteiger partial charge in [0.2, 0.25) is 5.91 Å². The molecule has 0 saturated heterocycles. The SMILES string of the molecule is C=CCn1c(SCC(=O)Nc2cc([N+](=O)[O-])ccc2C)nc2ccccc21. The number of aryl methyl sites for hydroxylation is 1. The Hall–Kier alpha value is -3.13. The Kier molecular flexibility index (Phi) is 5.56. The number of non-ortho nitro benzene ring substituents is 1. The van der Waals surface area contributed by atoms with Crippen LogP contribution in [0.25, 0.3) is 11.0 Å². The Morgan fingerprint density at radius 2 is 2.15 bits per heavy atom. The number of benzene rings is 2. The third kappa shape index (κ3) is 4.17. The van der Waals surface area contributed by atoms with Gasteiger partial charge in [-0.25, -0.2) is 4.98 Å². The number of thioether (sulfide) groups is 1. The lowest BCUT2D eigenvalue weighted by atomic mass is 10.2. The molecule has 7 nitrogen and oxygen atoms in total. The summed E-state index contributed by atoms with van der Waals surface area (Å²) in [5.41, 5.74) is 2.98. The third-order valence-corrected chi connectivity index (χ3v) is 4.95. The van der Waals surface area contributed by atoms with Gasteiger partial charge in [-0.1, -0.05) is 36.0 Å². The predicted octanol–water partition coefficient (Wildman–Crippen LogP) is 4.17. The zero-order valence-electron chi connectivity index (χ0n) is 14.7. The summed E-state index contributed by atoms with van der Waals surface area (Å²) in [7, 11) is 0. The molecule has 0 atom stereocenters. The molecule has 1 amide bonds. The van der Waals surface area contributed by atoms with Gasteiger partial charge in [-0.2, -0.15) is 0 Å². The van der Waals surface area contributed by atoms with Crippen molar-refractivity contribution in [3.05, 3.63) is 70.8 Å². The molecule has 0 fully saturated rings. The second-order valence-corrected chi connectivity index (χ2v) is 6.82. The van der Waals surface area contributed by atoms with Gasteiger partial charge < -0.3 is 9.88 Å². The fourth-order valence-electron chi connectivity index (χ4n) is 2.64. The number of carbonyl (C=O) groups is 1. The summed E-state index contributed by atoms with van der Waals surface area (Å²) in [5.74, 6) is -0.108.